The molecule has 0 saturated heterocycles. The summed E-state index contributed by atoms with van der Waals surface area (Å²) in [5, 5.41) is 5.60. The Hall–Kier alpha value is -0.230. The summed E-state index contributed by atoms with van der Waals surface area (Å²) in [5.74, 6) is 0. The Kier molecular flexibility index (Phi) is 5.36. The van der Waals surface area contributed by atoms with Gasteiger partial charge in [-0.05, 0) is 62.0 Å². The monoisotopic (exact) mass is 388 g/mol. The van der Waals surface area contributed by atoms with Crippen LogP contribution in [0.3, 0.4) is 0 Å². The van der Waals surface area contributed by atoms with E-state index in [1.807, 2.05) is 12.3 Å². The molecule has 96 valence electrons. The zero-order valence-corrected chi connectivity index (χ0v) is 14.0. The first-order chi connectivity index (χ1) is 8.70. The Bertz CT molecular complexity index is 496. The highest BCUT2D eigenvalue weighted by molar-refractivity contribution is 9.10. The third kappa shape index (κ3) is 3.63. The molecule has 5 heteroatoms. The van der Waals surface area contributed by atoms with Crippen molar-refractivity contribution in [3.8, 4) is 0 Å². The first-order valence-electron chi connectivity index (χ1n) is 5.77. The molecule has 2 aromatic rings. The lowest BCUT2D eigenvalue weighted by Gasteiger charge is -2.17. The first kappa shape index (κ1) is 14.2. The van der Waals surface area contributed by atoms with Crippen LogP contribution < -0.4 is 5.32 Å². The largest absolute Gasteiger partial charge is 0.309 e. The lowest BCUT2D eigenvalue weighted by Crippen LogP contribution is -2.23. The molecule has 2 nitrogen and oxygen atoms in total. The van der Waals surface area contributed by atoms with E-state index in [-0.39, 0.29) is 6.04 Å². The number of hydrogen-bond acceptors (Lipinski definition) is 3. The smallest absolute Gasteiger partial charge is 0.0577 e. The van der Waals surface area contributed by atoms with Gasteiger partial charge in [-0.25, -0.2) is 0 Å². The summed E-state index contributed by atoms with van der Waals surface area (Å²) >= 11 is 8.78. The van der Waals surface area contributed by atoms with Gasteiger partial charge < -0.3 is 5.32 Å². The molecule has 1 atom stereocenters. The number of thiophene rings is 1. The summed E-state index contributed by atoms with van der Waals surface area (Å²) in [6.45, 7) is 3.06. The molecule has 1 unspecified atom stereocenters. The minimum absolute atomic E-state index is 0.262. The highest BCUT2D eigenvalue weighted by Gasteiger charge is 2.14. The molecule has 0 aliphatic carbocycles. The van der Waals surface area contributed by atoms with E-state index in [0.717, 1.165) is 23.1 Å². The summed E-state index contributed by atoms with van der Waals surface area (Å²) in [6.07, 6.45) is 2.81. The van der Waals surface area contributed by atoms with Crippen LogP contribution in [0.4, 0.5) is 0 Å². The molecule has 0 spiro atoms. The van der Waals surface area contributed by atoms with E-state index < -0.39 is 0 Å². The standard InChI is InChI=1S/C13H14Br2N2S/c1-2-16-12(7-13-10(15)5-6-18-13)11-4-3-9(14)8-17-11/h3-6,8,12,16H,2,7H2,1H3. The third-order valence-electron chi connectivity index (χ3n) is 2.64. The number of nitrogens with zero attached hydrogens (tertiary/aromatic N) is 1. The van der Waals surface area contributed by atoms with Crippen molar-refractivity contribution in [3.05, 3.63) is 49.3 Å². The minimum Gasteiger partial charge on any atom is -0.309 e. The molecule has 0 amide bonds. The fraction of sp³-hybridized carbons (Fsp3) is 0.308. The van der Waals surface area contributed by atoms with Gasteiger partial charge in [0.15, 0.2) is 0 Å². The molecule has 0 bridgehead atoms. The highest BCUT2D eigenvalue weighted by atomic mass is 79.9. The van der Waals surface area contributed by atoms with Gasteiger partial charge in [0.1, 0.15) is 0 Å². The molecule has 0 aliphatic heterocycles. The Morgan fingerprint density at radius 1 is 1.33 bits per heavy atom. The van der Waals surface area contributed by atoms with Crippen LogP contribution in [0.1, 0.15) is 23.5 Å². The quantitative estimate of drug-likeness (QED) is 0.810. The predicted molar refractivity (Wildman–Crippen MR) is 84.1 cm³/mol. The van der Waals surface area contributed by atoms with Crippen LogP contribution in [-0.4, -0.2) is 11.5 Å². The fourth-order valence-electron chi connectivity index (χ4n) is 1.78. The number of halogens is 2. The van der Waals surface area contributed by atoms with E-state index in [9.17, 15) is 0 Å². The molecular weight excluding hydrogens is 376 g/mol. The number of aromatic nitrogens is 1. The van der Waals surface area contributed by atoms with Gasteiger partial charge in [-0.2, -0.15) is 0 Å². The van der Waals surface area contributed by atoms with Crippen LogP contribution in [0.15, 0.2) is 38.7 Å². The van der Waals surface area contributed by atoms with Crippen LogP contribution in [0.5, 0.6) is 0 Å². The highest BCUT2D eigenvalue weighted by Crippen LogP contribution is 2.28. The maximum atomic E-state index is 4.49. The van der Waals surface area contributed by atoms with Crippen LogP contribution >= 0.6 is 43.2 Å². The van der Waals surface area contributed by atoms with Gasteiger partial charge in [-0.3, -0.25) is 4.98 Å². The first-order valence-corrected chi connectivity index (χ1v) is 8.24. The summed E-state index contributed by atoms with van der Waals surface area (Å²) in [5.41, 5.74) is 1.08. The molecule has 2 rings (SSSR count). The summed E-state index contributed by atoms with van der Waals surface area (Å²) in [6, 6.07) is 6.46. The van der Waals surface area contributed by atoms with Gasteiger partial charge in [-0.1, -0.05) is 6.92 Å². The van der Waals surface area contributed by atoms with Crippen molar-refractivity contribution in [2.24, 2.45) is 0 Å². The van der Waals surface area contributed by atoms with Crippen molar-refractivity contribution < 1.29 is 0 Å². The van der Waals surface area contributed by atoms with Crippen molar-refractivity contribution in [1.29, 1.82) is 0 Å². The molecule has 18 heavy (non-hydrogen) atoms. The molecule has 0 saturated carbocycles. The van der Waals surface area contributed by atoms with Crippen molar-refractivity contribution in [3.63, 3.8) is 0 Å². The Morgan fingerprint density at radius 3 is 2.72 bits per heavy atom. The second-order valence-corrected chi connectivity index (χ2v) is 6.68. The van der Waals surface area contributed by atoms with Gasteiger partial charge >= 0.3 is 0 Å². The van der Waals surface area contributed by atoms with Crippen LogP contribution in [0.2, 0.25) is 0 Å². The number of pyridine rings is 1. The Balaban J connectivity index is 2.18. The number of nitrogens with one attached hydrogen (secondary N) is 1. The van der Waals surface area contributed by atoms with Gasteiger partial charge in [0, 0.05) is 26.4 Å². The maximum Gasteiger partial charge on any atom is 0.0577 e. The maximum absolute atomic E-state index is 4.49. The summed E-state index contributed by atoms with van der Waals surface area (Å²) in [4.78, 5) is 5.84. The van der Waals surface area contributed by atoms with Crippen molar-refractivity contribution in [2.45, 2.75) is 19.4 Å². The molecule has 0 aliphatic rings. The topological polar surface area (TPSA) is 24.9 Å². The molecule has 0 radical (unpaired) electrons. The average molecular weight is 390 g/mol. The van der Waals surface area contributed by atoms with Crippen LogP contribution in [0, 0.1) is 0 Å². The zero-order valence-electron chi connectivity index (χ0n) is 9.99. The summed E-state index contributed by atoms with van der Waals surface area (Å²) in [7, 11) is 0. The Labute approximate surface area is 128 Å². The van der Waals surface area contributed by atoms with Crippen molar-refractivity contribution in [1.82, 2.24) is 10.3 Å². The average Bonchev–Trinajstić information content (AvgIpc) is 2.76. The molecule has 2 heterocycles. The third-order valence-corrected chi connectivity index (χ3v) is 5.06. The number of likely N-dealkylation sites (N-methyl/N-ethyl adjacent to an activating group) is 1. The molecular formula is C13H14Br2N2S. The number of hydrogen-bond donors (Lipinski definition) is 1. The fourth-order valence-corrected chi connectivity index (χ4v) is 3.57. The molecule has 1 N–H and O–H groups in total. The van der Waals surface area contributed by atoms with Crippen LogP contribution in [0.25, 0.3) is 0 Å². The predicted octanol–water partition coefficient (Wildman–Crippen LogP) is 4.56. The van der Waals surface area contributed by atoms with E-state index in [1.54, 1.807) is 11.3 Å². The van der Waals surface area contributed by atoms with E-state index in [0.29, 0.717) is 0 Å². The van der Waals surface area contributed by atoms with Gasteiger partial charge in [0.05, 0.1) is 11.7 Å². The van der Waals surface area contributed by atoms with Gasteiger partial charge in [0.2, 0.25) is 0 Å². The van der Waals surface area contributed by atoms with Crippen molar-refractivity contribution in [2.75, 3.05) is 6.54 Å². The molecule has 2 aromatic heterocycles. The van der Waals surface area contributed by atoms with Gasteiger partial charge in [0.25, 0.3) is 0 Å². The van der Waals surface area contributed by atoms with Gasteiger partial charge in [-0.15, -0.1) is 11.3 Å². The van der Waals surface area contributed by atoms with Crippen molar-refractivity contribution >= 4 is 43.2 Å². The second-order valence-electron chi connectivity index (χ2n) is 3.91. The Morgan fingerprint density at radius 2 is 2.17 bits per heavy atom. The molecule has 0 fully saturated rings. The lowest BCUT2D eigenvalue weighted by atomic mass is 10.1. The van der Waals surface area contributed by atoms with E-state index in [1.165, 1.54) is 9.35 Å². The minimum atomic E-state index is 0.262. The van der Waals surface area contributed by atoms with E-state index in [2.05, 4.69) is 66.6 Å². The molecule has 0 aromatic carbocycles. The normalized spacial score (nSPS) is 12.6. The summed E-state index contributed by atoms with van der Waals surface area (Å²) < 4.78 is 2.20. The SMILES string of the molecule is CCNC(Cc1sccc1Br)c1ccc(Br)cn1. The second kappa shape index (κ2) is 6.80. The van der Waals surface area contributed by atoms with E-state index in [4.69, 9.17) is 0 Å². The zero-order chi connectivity index (χ0) is 13.0. The van der Waals surface area contributed by atoms with E-state index >= 15 is 0 Å². The lowest BCUT2D eigenvalue weighted by molar-refractivity contribution is 0.539. The van der Waals surface area contributed by atoms with Crippen LogP contribution in [-0.2, 0) is 6.42 Å². The number of rotatable bonds is 5.